The summed E-state index contributed by atoms with van der Waals surface area (Å²) in [7, 11) is 6.25. The van der Waals surface area contributed by atoms with Crippen molar-refractivity contribution in [2.24, 2.45) is 21.1 Å². The third-order valence-electron chi connectivity index (χ3n) is 22.6. The standard InChI is InChI=1S/3C35H22N4S.3Pt/c1-38-34-27(25-17-19-40-22-25)11-7-13-31(34)37-35(38)24-15-16-29-28-10-2-3-14-32(28)39(33(29)21-24)26-9-6-8-23(20-26)30-12-4-5-18-36-30;1-38-33-15-13-23(26-16-18-40-22-26)20-31(33)37-35(38)25-12-14-29-28-9-2-3-11-32(28)39(34(29)21-25)27-8-6-7-24(19-27)30-10-4-5-17-36-30;1-38-34-20-23(26-16-18-40-22-26)13-15-31(34)37-35(38)25-12-14-29-28-9-2-3-11-32(28)39(33(29)21-25)27-8-6-7-24(19-27)30-10-4-5-17-36-30;;;/h2-19,22H,1H3;2*2-18,20,22H,1H3;;;/q3*-2;3*+2. The average molecular weight is 2180 g/mol. The quantitative estimate of drug-likeness (QED) is 0.113. The summed E-state index contributed by atoms with van der Waals surface area (Å²) < 4.78 is 13.3. The average Bonchev–Trinajstić information content (AvgIpc) is 1.59. The Morgan fingerprint density at radius 1 is 0.260 bits per heavy atom. The van der Waals surface area contributed by atoms with Crippen LogP contribution in [0.1, 0.15) is 0 Å². The van der Waals surface area contributed by atoms with Crippen LogP contribution in [0, 0.1) is 36.4 Å². The summed E-state index contributed by atoms with van der Waals surface area (Å²) in [5.41, 5.74) is 31.1. The Balaban J connectivity index is 0.000000120. The van der Waals surface area contributed by atoms with Crippen LogP contribution in [0.25, 0.3) is 217 Å². The number of benzene rings is 12. The molecular formula is C105H66N12Pt3S3. The molecule has 0 radical (unpaired) electrons. The van der Waals surface area contributed by atoms with Crippen LogP contribution < -0.4 is 0 Å². The molecule has 594 valence electrons. The second kappa shape index (κ2) is 33.8. The number of imidazole rings is 3. The topological polar surface area (TPSA) is 107 Å². The van der Waals surface area contributed by atoms with Crippen molar-refractivity contribution in [1.29, 1.82) is 0 Å². The molecule has 12 heterocycles. The normalized spacial score (nSPS) is 11.3. The molecular weight excluding hydrogens is 2110 g/mol. The number of hydrogen-bond acceptors (Lipinski definition) is 9. The van der Waals surface area contributed by atoms with Gasteiger partial charge in [-0.05, 0) is 212 Å². The van der Waals surface area contributed by atoms with E-state index in [4.69, 9.17) is 15.0 Å². The molecule has 0 fully saturated rings. The van der Waals surface area contributed by atoms with E-state index in [9.17, 15) is 0 Å². The minimum absolute atomic E-state index is 0. The van der Waals surface area contributed by atoms with Gasteiger partial charge in [0.2, 0.25) is 0 Å². The smallest absolute Gasteiger partial charge is 0.367 e. The molecule has 0 aliphatic rings. The van der Waals surface area contributed by atoms with Crippen molar-refractivity contribution in [1.82, 2.24) is 57.3 Å². The minimum Gasteiger partial charge on any atom is -0.367 e. The summed E-state index contributed by atoms with van der Waals surface area (Å²) in [5, 5.41) is 19.9. The second-order valence-electron chi connectivity index (χ2n) is 29.6. The van der Waals surface area contributed by atoms with Crippen molar-refractivity contribution in [2.45, 2.75) is 0 Å². The fourth-order valence-electron chi connectivity index (χ4n) is 16.8. The predicted octanol–water partition coefficient (Wildman–Crippen LogP) is 26.2. The minimum atomic E-state index is 0. The number of nitrogens with zero attached hydrogens (tertiary/aromatic N) is 12. The molecule has 12 nitrogen and oxygen atoms in total. The SMILES string of the molecule is Cn1c(-c2[c-]c3c(cc2)c2ccccc2n3-c2[c-]c(-c3ccccn3)ccc2)nc2cc(-c3ccsc3)ccc21.Cn1c(-c2[c-]c3c(cc2)c2ccccc2n3-c2[c-]c(-c3ccccn3)ccc2)nc2ccc(-c3ccsc3)cc21.Cn1c(-c2[c-]c3c(cc2)c2ccccc2n3-c2[c-]c(-c3ccccn3)ccc2)nc2cccc(-c3ccsc3)c21.[Pt+2].[Pt+2].[Pt+2]. The Morgan fingerprint density at radius 3 is 1.09 bits per heavy atom. The van der Waals surface area contributed by atoms with Crippen LogP contribution in [0.2, 0.25) is 0 Å². The van der Waals surface area contributed by atoms with Gasteiger partial charge in [0, 0.05) is 61.8 Å². The molecule has 24 rings (SSSR count). The van der Waals surface area contributed by atoms with Gasteiger partial charge in [-0.25, -0.2) is 0 Å². The maximum absolute atomic E-state index is 5.08. The van der Waals surface area contributed by atoms with E-state index >= 15 is 0 Å². The molecule has 12 aromatic carbocycles. The van der Waals surface area contributed by atoms with Gasteiger partial charge >= 0.3 is 63.2 Å². The summed E-state index contributed by atoms with van der Waals surface area (Å²) in [5.74, 6) is 2.67. The van der Waals surface area contributed by atoms with Crippen molar-refractivity contribution in [2.75, 3.05) is 0 Å². The Morgan fingerprint density at radius 2 is 0.650 bits per heavy atom. The van der Waals surface area contributed by atoms with Gasteiger partial charge in [-0.1, -0.05) is 131 Å². The number of aryl methyl sites for hydroxylation is 3. The maximum atomic E-state index is 5.08. The van der Waals surface area contributed by atoms with E-state index in [-0.39, 0.29) is 63.2 Å². The molecule has 0 aliphatic carbocycles. The van der Waals surface area contributed by atoms with Gasteiger partial charge in [0.1, 0.15) is 0 Å². The van der Waals surface area contributed by atoms with Gasteiger partial charge in [0.15, 0.2) is 0 Å². The van der Waals surface area contributed by atoms with Gasteiger partial charge < -0.3 is 42.4 Å². The van der Waals surface area contributed by atoms with E-state index in [2.05, 4.69) is 369 Å². The molecule has 0 atom stereocenters. The van der Waals surface area contributed by atoms with Crippen LogP contribution >= 0.6 is 34.0 Å². The predicted molar refractivity (Wildman–Crippen MR) is 494 cm³/mol. The van der Waals surface area contributed by atoms with Crippen LogP contribution in [0.4, 0.5) is 0 Å². The molecule has 0 bridgehead atoms. The number of rotatable bonds is 12. The summed E-state index contributed by atoms with van der Waals surface area (Å²) in [6.45, 7) is 0. The first-order valence-corrected chi connectivity index (χ1v) is 42.2. The van der Waals surface area contributed by atoms with Gasteiger partial charge in [-0.2, -0.15) is 34.0 Å². The maximum Gasteiger partial charge on any atom is 2.00 e. The first-order chi connectivity index (χ1) is 59.2. The first-order valence-electron chi connectivity index (χ1n) is 39.4. The molecule has 0 saturated carbocycles. The van der Waals surface area contributed by atoms with Crippen LogP contribution in [0.3, 0.4) is 0 Å². The molecule has 0 saturated heterocycles. The second-order valence-corrected chi connectivity index (χ2v) is 31.9. The van der Waals surface area contributed by atoms with E-state index in [0.717, 1.165) is 167 Å². The molecule has 0 aliphatic heterocycles. The fourth-order valence-corrected chi connectivity index (χ4v) is 18.8. The van der Waals surface area contributed by atoms with E-state index in [0.29, 0.717) is 0 Å². The number of para-hydroxylation sites is 4. The number of hydrogen-bond donors (Lipinski definition) is 0. The Labute approximate surface area is 763 Å². The number of aromatic nitrogens is 12. The Hall–Kier alpha value is -12.9. The van der Waals surface area contributed by atoms with Gasteiger partial charge in [0.05, 0.1) is 50.6 Å². The zero-order valence-corrected chi connectivity index (χ0v) is 75.2. The van der Waals surface area contributed by atoms with Crippen molar-refractivity contribution in [3.63, 3.8) is 0 Å². The summed E-state index contributed by atoms with van der Waals surface area (Å²) in [6, 6.07) is 123. The van der Waals surface area contributed by atoms with Crippen molar-refractivity contribution < 1.29 is 63.2 Å². The monoisotopic (exact) mass is 2180 g/mol. The number of fused-ring (bicyclic) bond motifs is 12. The van der Waals surface area contributed by atoms with Crippen LogP contribution in [0.5, 0.6) is 0 Å². The summed E-state index contributed by atoms with van der Waals surface area (Å²) in [6.07, 6.45) is 5.45. The van der Waals surface area contributed by atoms with Crippen LogP contribution in [0.15, 0.2) is 342 Å². The molecule has 18 heteroatoms. The van der Waals surface area contributed by atoms with Gasteiger partial charge in [-0.3, -0.25) is 15.0 Å². The van der Waals surface area contributed by atoms with Crippen LogP contribution in [-0.4, -0.2) is 57.3 Å². The largest absolute Gasteiger partial charge is 2.00 e. The van der Waals surface area contributed by atoms with Crippen molar-refractivity contribution in [3.05, 3.63) is 378 Å². The van der Waals surface area contributed by atoms with Crippen molar-refractivity contribution in [3.8, 4) is 118 Å². The number of pyridine rings is 3. The molecule has 123 heavy (non-hydrogen) atoms. The van der Waals surface area contributed by atoms with E-state index in [1.165, 1.54) is 49.5 Å². The third-order valence-corrected chi connectivity index (χ3v) is 24.6. The van der Waals surface area contributed by atoms with Crippen LogP contribution in [-0.2, 0) is 84.3 Å². The first kappa shape index (κ1) is 79.8. The van der Waals surface area contributed by atoms with Gasteiger partial charge in [0.25, 0.3) is 0 Å². The molecule has 0 N–H and O–H groups in total. The van der Waals surface area contributed by atoms with E-state index in [1.807, 2.05) is 73.2 Å². The van der Waals surface area contributed by atoms with E-state index in [1.54, 1.807) is 34.0 Å². The summed E-state index contributed by atoms with van der Waals surface area (Å²) >= 11 is 5.13. The van der Waals surface area contributed by atoms with Gasteiger partial charge in [-0.15, -0.1) is 161 Å². The summed E-state index contributed by atoms with van der Waals surface area (Å²) in [4.78, 5) is 28.8. The zero-order chi connectivity index (χ0) is 79.9. The Bertz CT molecular complexity index is 7830. The molecule has 0 unspecified atom stereocenters. The molecule has 0 spiro atoms. The Kier molecular flexibility index (Phi) is 21.9. The molecule has 12 aromatic heterocycles. The van der Waals surface area contributed by atoms with Crippen molar-refractivity contribution >= 4 is 133 Å². The zero-order valence-electron chi connectivity index (χ0n) is 65.9. The van der Waals surface area contributed by atoms with E-state index < -0.39 is 0 Å². The molecule has 24 aromatic rings. The molecule has 0 amide bonds. The third kappa shape index (κ3) is 14.5. The number of thiophene rings is 3. The fraction of sp³-hybridized carbons (Fsp3) is 0.0286.